The first kappa shape index (κ1) is 18.8. The third-order valence-corrected chi connectivity index (χ3v) is 4.81. The van der Waals surface area contributed by atoms with Crippen molar-refractivity contribution in [2.24, 2.45) is 0 Å². The molecular formula is C23H23N3O3. The molecule has 0 saturated carbocycles. The molecule has 0 aliphatic carbocycles. The Morgan fingerprint density at radius 1 is 1.17 bits per heavy atom. The summed E-state index contributed by atoms with van der Waals surface area (Å²) in [6.07, 6.45) is 2.44. The molecule has 0 saturated heterocycles. The zero-order valence-electron chi connectivity index (χ0n) is 16.5. The molecule has 3 heterocycles. The molecule has 0 fully saturated rings. The molecule has 29 heavy (non-hydrogen) atoms. The van der Waals surface area contributed by atoms with E-state index < -0.39 is 0 Å². The van der Waals surface area contributed by atoms with Crippen molar-refractivity contribution in [2.45, 2.75) is 19.9 Å². The van der Waals surface area contributed by atoms with Crippen LogP contribution < -0.4 is 10.1 Å². The van der Waals surface area contributed by atoms with E-state index in [2.05, 4.69) is 10.3 Å². The highest BCUT2D eigenvalue weighted by atomic mass is 16.5. The van der Waals surface area contributed by atoms with E-state index in [1.54, 1.807) is 19.4 Å². The maximum absolute atomic E-state index is 12.9. The Labute approximate surface area is 169 Å². The summed E-state index contributed by atoms with van der Waals surface area (Å²) < 4.78 is 13.1. The molecule has 148 valence electrons. The first-order valence-electron chi connectivity index (χ1n) is 9.55. The van der Waals surface area contributed by atoms with E-state index in [-0.39, 0.29) is 5.91 Å². The molecule has 6 nitrogen and oxygen atoms in total. The van der Waals surface area contributed by atoms with Crippen LogP contribution in [-0.4, -0.2) is 29.1 Å². The Hall–Kier alpha value is -3.54. The van der Waals surface area contributed by atoms with Crippen LogP contribution in [0.5, 0.6) is 5.75 Å². The summed E-state index contributed by atoms with van der Waals surface area (Å²) in [7, 11) is 1.65. The molecule has 1 aromatic carbocycles. The van der Waals surface area contributed by atoms with Gasteiger partial charge in [-0.1, -0.05) is 18.2 Å². The average molecular weight is 389 g/mol. The quantitative estimate of drug-likeness (QED) is 0.519. The van der Waals surface area contributed by atoms with Crippen molar-refractivity contribution in [3.63, 3.8) is 0 Å². The molecule has 0 atom stereocenters. The first-order chi connectivity index (χ1) is 14.1. The molecule has 0 aliphatic rings. The minimum absolute atomic E-state index is 0.132. The first-order valence-corrected chi connectivity index (χ1v) is 9.55. The molecule has 0 aliphatic heterocycles. The molecule has 4 aromatic rings. The zero-order chi connectivity index (χ0) is 20.2. The number of benzene rings is 1. The van der Waals surface area contributed by atoms with Gasteiger partial charge in [0.2, 0.25) is 0 Å². The number of aromatic nitrogens is 2. The van der Waals surface area contributed by atoms with Gasteiger partial charge in [0, 0.05) is 43.5 Å². The summed E-state index contributed by atoms with van der Waals surface area (Å²) in [5.74, 6) is 1.47. The maximum Gasteiger partial charge on any atom is 0.268 e. The van der Waals surface area contributed by atoms with Gasteiger partial charge < -0.3 is 19.0 Å². The number of pyridine rings is 1. The summed E-state index contributed by atoms with van der Waals surface area (Å²) >= 11 is 0. The van der Waals surface area contributed by atoms with E-state index in [4.69, 9.17) is 9.15 Å². The molecule has 1 amide bonds. The van der Waals surface area contributed by atoms with Gasteiger partial charge in [-0.05, 0) is 36.8 Å². The fraction of sp³-hybridized carbons (Fsp3) is 0.217. The largest absolute Gasteiger partial charge is 0.497 e. The van der Waals surface area contributed by atoms with Gasteiger partial charge in [0.1, 0.15) is 17.2 Å². The third-order valence-electron chi connectivity index (χ3n) is 4.81. The van der Waals surface area contributed by atoms with Crippen LogP contribution in [0.15, 0.2) is 65.2 Å². The molecule has 0 bridgehead atoms. The fourth-order valence-corrected chi connectivity index (χ4v) is 3.42. The summed E-state index contributed by atoms with van der Waals surface area (Å²) in [5, 5.41) is 3.00. The van der Waals surface area contributed by atoms with Crippen LogP contribution in [0.3, 0.4) is 0 Å². The highest BCUT2D eigenvalue weighted by Gasteiger charge is 2.18. The number of aryl methyl sites for hydroxylation is 1. The lowest BCUT2D eigenvalue weighted by atomic mass is 10.2. The predicted molar refractivity (Wildman–Crippen MR) is 111 cm³/mol. The normalized spacial score (nSPS) is 11.0. The summed E-state index contributed by atoms with van der Waals surface area (Å²) in [6.45, 7) is 2.96. The van der Waals surface area contributed by atoms with Crippen LogP contribution in [-0.2, 0) is 13.0 Å². The Bertz CT molecular complexity index is 1130. The highest BCUT2D eigenvalue weighted by molar-refractivity contribution is 5.97. The van der Waals surface area contributed by atoms with Crippen LogP contribution in [0, 0.1) is 6.92 Å². The molecule has 1 N–H and O–H groups in total. The van der Waals surface area contributed by atoms with Crippen LogP contribution >= 0.6 is 0 Å². The van der Waals surface area contributed by atoms with Crippen molar-refractivity contribution >= 4 is 17.0 Å². The second kappa shape index (κ2) is 8.22. The Kier molecular flexibility index (Phi) is 5.33. The van der Waals surface area contributed by atoms with Gasteiger partial charge >= 0.3 is 0 Å². The van der Waals surface area contributed by atoms with E-state index >= 15 is 0 Å². The minimum Gasteiger partial charge on any atom is -0.497 e. The van der Waals surface area contributed by atoms with Crippen molar-refractivity contribution < 1.29 is 13.9 Å². The van der Waals surface area contributed by atoms with E-state index in [1.807, 2.05) is 60.0 Å². The SMILES string of the molecule is COc1cccc(Cn2c(C(=O)NCCc3ccccn3)cc3oc(C)cc32)c1. The second-order valence-electron chi connectivity index (χ2n) is 6.90. The number of carbonyl (C=O) groups excluding carboxylic acids is 1. The number of hydrogen-bond acceptors (Lipinski definition) is 4. The number of nitrogens with one attached hydrogen (secondary N) is 1. The van der Waals surface area contributed by atoms with E-state index in [0.717, 1.165) is 28.3 Å². The average Bonchev–Trinajstić information content (AvgIpc) is 3.26. The minimum atomic E-state index is -0.132. The van der Waals surface area contributed by atoms with Gasteiger partial charge in [0.25, 0.3) is 5.91 Å². The van der Waals surface area contributed by atoms with E-state index in [1.165, 1.54) is 0 Å². The van der Waals surface area contributed by atoms with Gasteiger partial charge in [-0.15, -0.1) is 0 Å². The molecule has 3 aromatic heterocycles. The molecule has 4 rings (SSSR count). The number of ether oxygens (including phenoxy) is 1. The van der Waals surface area contributed by atoms with Gasteiger partial charge in [0.05, 0.1) is 12.6 Å². The highest BCUT2D eigenvalue weighted by Crippen LogP contribution is 2.25. The van der Waals surface area contributed by atoms with Gasteiger partial charge in [0.15, 0.2) is 5.58 Å². The summed E-state index contributed by atoms with van der Waals surface area (Å²) in [6, 6.07) is 17.4. The molecule has 0 unspecified atom stereocenters. The van der Waals surface area contributed by atoms with Crippen molar-refractivity contribution in [3.8, 4) is 5.75 Å². The maximum atomic E-state index is 12.9. The van der Waals surface area contributed by atoms with Crippen LogP contribution in [0.1, 0.15) is 27.5 Å². The molecule has 0 radical (unpaired) electrons. The lowest BCUT2D eigenvalue weighted by molar-refractivity contribution is 0.0945. The van der Waals surface area contributed by atoms with E-state index in [9.17, 15) is 4.79 Å². The van der Waals surface area contributed by atoms with Gasteiger partial charge in [-0.3, -0.25) is 9.78 Å². The number of furan rings is 1. The Morgan fingerprint density at radius 2 is 2.07 bits per heavy atom. The van der Waals surface area contributed by atoms with Crippen molar-refractivity contribution in [1.82, 2.24) is 14.9 Å². The van der Waals surface area contributed by atoms with Gasteiger partial charge in [-0.2, -0.15) is 0 Å². The van der Waals surface area contributed by atoms with Crippen LogP contribution in [0.2, 0.25) is 0 Å². The van der Waals surface area contributed by atoms with Gasteiger partial charge in [-0.25, -0.2) is 0 Å². The van der Waals surface area contributed by atoms with Crippen LogP contribution in [0.4, 0.5) is 0 Å². The number of nitrogens with zero attached hydrogens (tertiary/aromatic N) is 2. The Balaban J connectivity index is 1.57. The van der Waals surface area contributed by atoms with Crippen molar-refractivity contribution in [1.29, 1.82) is 0 Å². The number of carbonyl (C=O) groups is 1. The number of amides is 1. The van der Waals surface area contributed by atoms with Crippen molar-refractivity contribution in [2.75, 3.05) is 13.7 Å². The standard InChI is InChI=1S/C23H23N3O3/c1-16-12-20-22(29-16)14-21(23(27)25-11-9-18-7-3-4-10-24-18)26(20)15-17-6-5-8-19(13-17)28-2/h3-8,10,12-14H,9,11,15H2,1-2H3,(H,25,27). The molecular weight excluding hydrogens is 366 g/mol. The smallest absolute Gasteiger partial charge is 0.268 e. The Morgan fingerprint density at radius 3 is 2.86 bits per heavy atom. The van der Waals surface area contributed by atoms with Crippen molar-refractivity contribution in [3.05, 3.63) is 83.5 Å². The number of fused-ring (bicyclic) bond motifs is 1. The number of rotatable bonds is 7. The lowest BCUT2D eigenvalue weighted by Gasteiger charge is -2.11. The lowest BCUT2D eigenvalue weighted by Crippen LogP contribution is -2.28. The summed E-state index contributed by atoms with van der Waals surface area (Å²) in [4.78, 5) is 17.2. The monoisotopic (exact) mass is 389 g/mol. The fourth-order valence-electron chi connectivity index (χ4n) is 3.42. The summed E-state index contributed by atoms with van der Waals surface area (Å²) in [5.41, 5.74) is 4.18. The molecule has 6 heteroatoms. The number of methoxy groups -OCH3 is 1. The zero-order valence-corrected chi connectivity index (χ0v) is 16.5. The second-order valence-corrected chi connectivity index (χ2v) is 6.90. The number of hydrogen-bond donors (Lipinski definition) is 1. The topological polar surface area (TPSA) is 69.3 Å². The molecule has 0 spiro atoms. The van der Waals surface area contributed by atoms with E-state index in [0.29, 0.717) is 30.8 Å². The predicted octanol–water partition coefficient (Wildman–Crippen LogP) is 3.97. The van der Waals surface area contributed by atoms with Crippen LogP contribution in [0.25, 0.3) is 11.1 Å². The third kappa shape index (κ3) is 4.16.